The Kier molecular flexibility index (Phi) is 4.24. The number of nitrogens with zero attached hydrogens (tertiary/aromatic N) is 1. The lowest BCUT2D eigenvalue weighted by Gasteiger charge is -1.97. The van der Waals surface area contributed by atoms with Crippen LogP contribution in [-0.4, -0.2) is 4.98 Å². The third-order valence-corrected chi connectivity index (χ3v) is 1.90. The maximum atomic E-state index is 4.37. The van der Waals surface area contributed by atoms with Crippen molar-refractivity contribution in [1.82, 2.24) is 4.98 Å². The van der Waals surface area contributed by atoms with E-state index in [0.29, 0.717) is 0 Å². The van der Waals surface area contributed by atoms with Gasteiger partial charge in [0.25, 0.3) is 0 Å². The lowest BCUT2D eigenvalue weighted by molar-refractivity contribution is 0.882. The third-order valence-electron chi connectivity index (χ3n) is 1.90. The van der Waals surface area contributed by atoms with Crippen LogP contribution in [0, 0.1) is 0 Å². The van der Waals surface area contributed by atoms with Crippen molar-refractivity contribution in [1.29, 1.82) is 0 Å². The van der Waals surface area contributed by atoms with Crippen LogP contribution in [0.25, 0.3) is 6.08 Å². The summed E-state index contributed by atoms with van der Waals surface area (Å²) >= 11 is 0. The Labute approximate surface area is 80.5 Å². The Hall–Kier alpha value is -1.11. The van der Waals surface area contributed by atoms with Crippen molar-refractivity contribution in [3.8, 4) is 0 Å². The zero-order valence-electron chi connectivity index (χ0n) is 8.46. The zero-order chi connectivity index (χ0) is 9.52. The minimum absolute atomic E-state index is 1.08. The van der Waals surface area contributed by atoms with Crippen LogP contribution >= 0.6 is 0 Å². The van der Waals surface area contributed by atoms with Crippen LogP contribution < -0.4 is 0 Å². The number of aromatic nitrogens is 1. The van der Waals surface area contributed by atoms with Gasteiger partial charge in [-0.2, -0.15) is 0 Å². The van der Waals surface area contributed by atoms with Gasteiger partial charge in [-0.05, 0) is 24.5 Å². The third kappa shape index (κ3) is 3.41. The van der Waals surface area contributed by atoms with E-state index in [4.69, 9.17) is 0 Å². The second-order valence-corrected chi connectivity index (χ2v) is 3.14. The second-order valence-electron chi connectivity index (χ2n) is 3.14. The zero-order valence-corrected chi connectivity index (χ0v) is 8.46. The fraction of sp³-hybridized carbons (Fsp3) is 0.417. The van der Waals surface area contributed by atoms with Crippen LogP contribution in [0.2, 0.25) is 0 Å². The number of rotatable bonds is 4. The molecule has 13 heavy (non-hydrogen) atoms. The summed E-state index contributed by atoms with van der Waals surface area (Å²) in [5, 5.41) is 0. The molecule has 0 saturated heterocycles. The van der Waals surface area contributed by atoms with Crippen LogP contribution in [0.5, 0.6) is 0 Å². The molecule has 0 aromatic carbocycles. The van der Waals surface area contributed by atoms with E-state index in [-0.39, 0.29) is 0 Å². The topological polar surface area (TPSA) is 12.9 Å². The quantitative estimate of drug-likeness (QED) is 0.683. The smallest absolute Gasteiger partial charge is 0.0403 e. The summed E-state index contributed by atoms with van der Waals surface area (Å²) < 4.78 is 0. The van der Waals surface area contributed by atoms with Crippen molar-refractivity contribution in [2.75, 3.05) is 0 Å². The van der Waals surface area contributed by atoms with Gasteiger partial charge in [0.15, 0.2) is 0 Å². The van der Waals surface area contributed by atoms with E-state index in [1.165, 1.54) is 11.3 Å². The molecule has 1 rings (SSSR count). The van der Waals surface area contributed by atoms with Crippen LogP contribution in [0.3, 0.4) is 0 Å². The average Bonchev–Trinajstić information content (AvgIpc) is 2.17. The van der Waals surface area contributed by atoms with E-state index in [1.54, 1.807) is 0 Å². The van der Waals surface area contributed by atoms with Gasteiger partial charge in [0.05, 0.1) is 0 Å². The largest absolute Gasteiger partial charge is 0.261 e. The highest BCUT2D eigenvalue weighted by Gasteiger charge is 1.91. The average molecular weight is 175 g/mol. The first kappa shape index (κ1) is 9.97. The van der Waals surface area contributed by atoms with Crippen molar-refractivity contribution in [2.24, 2.45) is 0 Å². The van der Waals surface area contributed by atoms with E-state index in [1.807, 2.05) is 6.20 Å². The molecule has 0 amide bonds. The highest BCUT2D eigenvalue weighted by molar-refractivity contribution is 5.47. The molecule has 1 heteroatoms. The van der Waals surface area contributed by atoms with Crippen LogP contribution in [0.4, 0.5) is 0 Å². The van der Waals surface area contributed by atoms with E-state index >= 15 is 0 Å². The summed E-state index contributed by atoms with van der Waals surface area (Å²) in [6.45, 7) is 4.31. The maximum absolute atomic E-state index is 4.37. The van der Waals surface area contributed by atoms with E-state index < -0.39 is 0 Å². The Morgan fingerprint density at radius 1 is 1.31 bits per heavy atom. The van der Waals surface area contributed by atoms with E-state index in [9.17, 15) is 0 Å². The molecule has 1 aromatic rings. The molecule has 0 spiro atoms. The predicted octanol–water partition coefficient (Wildman–Crippen LogP) is 3.46. The van der Waals surface area contributed by atoms with Crippen molar-refractivity contribution in [3.05, 3.63) is 35.7 Å². The summed E-state index contributed by atoms with van der Waals surface area (Å²) in [5.41, 5.74) is 2.39. The molecule has 0 saturated carbocycles. The Balaban J connectivity index is 2.64. The van der Waals surface area contributed by atoms with Gasteiger partial charge in [0.2, 0.25) is 0 Å². The summed E-state index contributed by atoms with van der Waals surface area (Å²) in [4.78, 5) is 4.37. The summed E-state index contributed by atoms with van der Waals surface area (Å²) in [7, 11) is 0. The minimum atomic E-state index is 1.08. The first-order valence-electron chi connectivity index (χ1n) is 4.98. The molecule has 0 aliphatic heterocycles. The predicted molar refractivity (Wildman–Crippen MR) is 57.6 cm³/mol. The number of pyridine rings is 1. The molecule has 0 bridgehead atoms. The second kappa shape index (κ2) is 5.52. The van der Waals surface area contributed by atoms with Crippen molar-refractivity contribution >= 4 is 6.08 Å². The van der Waals surface area contributed by atoms with Gasteiger partial charge in [-0.25, -0.2) is 0 Å². The highest BCUT2D eigenvalue weighted by Crippen LogP contribution is 2.04. The van der Waals surface area contributed by atoms with Gasteiger partial charge in [-0.15, -0.1) is 0 Å². The van der Waals surface area contributed by atoms with Crippen molar-refractivity contribution < 1.29 is 0 Å². The summed E-state index contributed by atoms with van der Waals surface area (Å²) in [6, 6.07) is 4.24. The SMILES string of the molecule is CCC=Cc1ccc(CCC)nc1. The van der Waals surface area contributed by atoms with E-state index in [0.717, 1.165) is 19.3 Å². The molecular weight excluding hydrogens is 158 g/mol. The number of aryl methyl sites for hydroxylation is 1. The summed E-state index contributed by atoms with van der Waals surface area (Å²) in [6.07, 6.45) is 9.53. The Morgan fingerprint density at radius 3 is 2.69 bits per heavy atom. The van der Waals surface area contributed by atoms with Gasteiger partial charge in [-0.3, -0.25) is 4.98 Å². The molecule has 0 N–H and O–H groups in total. The van der Waals surface area contributed by atoms with E-state index in [2.05, 4.69) is 43.1 Å². The van der Waals surface area contributed by atoms with Gasteiger partial charge < -0.3 is 0 Å². The molecule has 70 valence electrons. The number of allylic oxidation sites excluding steroid dienone is 1. The monoisotopic (exact) mass is 175 g/mol. The Bertz CT molecular complexity index is 259. The van der Waals surface area contributed by atoms with Gasteiger partial charge in [-0.1, -0.05) is 38.5 Å². The molecule has 0 aliphatic rings. The molecule has 0 aliphatic carbocycles. The first-order chi connectivity index (χ1) is 6.36. The standard InChI is InChI=1S/C12H17N/c1-3-5-7-11-8-9-12(6-4-2)13-10-11/h5,7-10H,3-4,6H2,1-2H3. The Morgan fingerprint density at radius 2 is 2.15 bits per heavy atom. The molecule has 0 unspecified atom stereocenters. The molecule has 1 heterocycles. The molecular formula is C12H17N. The van der Waals surface area contributed by atoms with Gasteiger partial charge >= 0.3 is 0 Å². The molecule has 0 atom stereocenters. The fourth-order valence-electron chi connectivity index (χ4n) is 1.19. The minimum Gasteiger partial charge on any atom is -0.261 e. The molecule has 1 aromatic heterocycles. The van der Waals surface area contributed by atoms with Gasteiger partial charge in [0, 0.05) is 11.9 Å². The highest BCUT2D eigenvalue weighted by atomic mass is 14.7. The van der Waals surface area contributed by atoms with Crippen molar-refractivity contribution in [3.63, 3.8) is 0 Å². The molecule has 0 fully saturated rings. The van der Waals surface area contributed by atoms with Crippen LogP contribution in [0.15, 0.2) is 24.4 Å². The molecule has 1 nitrogen and oxygen atoms in total. The number of hydrogen-bond acceptors (Lipinski definition) is 1. The lowest BCUT2D eigenvalue weighted by Crippen LogP contribution is -1.87. The van der Waals surface area contributed by atoms with Crippen LogP contribution in [-0.2, 0) is 6.42 Å². The van der Waals surface area contributed by atoms with Crippen LogP contribution in [0.1, 0.15) is 37.9 Å². The first-order valence-corrected chi connectivity index (χ1v) is 4.98. The summed E-state index contributed by atoms with van der Waals surface area (Å²) in [5.74, 6) is 0. The normalized spacial score (nSPS) is 10.9. The van der Waals surface area contributed by atoms with Crippen molar-refractivity contribution in [2.45, 2.75) is 33.1 Å². The molecule has 0 radical (unpaired) electrons. The fourth-order valence-corrected chi connectivity index (χ4v) is 1.19. The van der Waals surface area contributed by atoms with Gasteiger partial charge in [0.1, 0.15) is 0 Å². The maximum Gasteiger partial charge on any atom is 0.0403 e. The number of hydrogen-bond donors (Lipinski definition) is 0. The lowest BCUT2D eigenvalue weighted by atomic mass is 10.2.